The standard InChI is InChI=1S/C35H34ClF4N5O2/c1-2-27(46)45-14-4-3-8-22(45)17-41-33-24-15-26(39)29(23-9-5-7-20-10-11-25(38)30(36)28(20)23)31(40)32(24)42-34(43-33)47-19-35-12-6-13-44(35)18-21(37)16-35/h2,5,7,9-11,15,21-22H,1,3-4,6,8,12-14,16-19H2,(H,41,42,43)/t21?,22-,35?/m0/s1. The number of halogens is 5. The van der Waals surface area contributed by atoms with Crippen LogP contribution in [-0.4, -0.2) is 76.2 Å². The molecule has 0 radical (unpaired) electrons. The zero-order valence-corrected chi connectivity index (χ0v) is 26.4. The first-order valence-corrected chi connectivity index (χ1v) is 16.3. The van der Waals surface area contributed by atoms with Crippen molar-refractivity contribution in [2.45, 2.75) is 56.3 Å². The second kappa shape index (κ2) is 12.6. The van der Waals surface area contributed by atoms with Gasteiger partial charge in [0.15, 0.2) is 5.82 Å². The Morgan fingerprint density at radius 3 is 2.81 bits per heavy atom. The first-order chi connectivity index (χ1) is 22.7. The summed E-state index contributed by atoms with van der Waals surface area (Å²) in [6.07, 6.45) is 4.81. The molecule has 4 heterocycles. The molecule has 0 aliphatic carbocycles. The lowest BCUT2D eigenvalue weighted by Gasteiger charge is -2.35. The Kier molecular flexibility index (Phi) is 8.46. The number of hydrogen-bond donors (Lipinski definition) is 1. The van der Waals surface area contributed by atoms with E-state index in [0.717, 1.165) is 44.7 Å². The number of nitrogens with one attached hydrogen (secondary N) is 1. The van der Waals surface area contributed by atoms with Gasteiger partial charge in [-0.15, -0.1) is 0 Å². The largest absolute Gasteiger partial charge is 0.461 e. The van der Waals surface area contributed by atoms with E-state index in [9.17, 15) is 13.6 Å². The molecule has 3 saturated heterocycles. The number of ether oxygens (including phenoxy) is 1. The molecule has 3 aliphatic rings. The van der Waals surface area contributed by atoms with Crippen LogP contribution in [0.5, 0.6) is 6.01 Å². The number of carbonyl (C=O) groups excluding carboxylic acids is 1. The summed E-state index contributed by atoms with van der Waals surface area (Å²) in [4.78, 5) is 25.3. The summed E-state index contributed by atoms with van der Waals surface area (Å²) in [5, 5.41) is 3.71. The molecule has 1 aromatic heterocycles. The van der Waals surface area contributed by atoms with Crippen molar-refractivity contribution in [2.75, 3.05) is 38.1 Å². The van der Waals surface area contributed by atoms with Crippen molar-refractivity contribution in [1.82, 2.24) is 19.8 Å². The number of aromatic nitrogens is 2. The minimum atomic E-state index is -0.991. The van der Waals surface area contributed by atoms with Gasteiger partial charge in [-0.05, 0) is 67.8 Å². The van der Waals surface area contributed by atoms with Crippen LogP contribution in [0.4, 0.5) is 23.4 Å². The van der Waals surface area contributed by atoms with Crippen LogP contribution in [0, 0.1) is 17.5 Å². The first-order valence-electron chi connectivity index (χ1n) is 15.9. The lowest BCUT2D eigenvalue weighted by atomic mass is 9.95. The topological polar surface area (TPSA) is 70.6 Å². The summed E-state index contributed by atoms with van der Waals surface area (Å²) in [6.45, 7) is 5.66. The van der Waals surface area contributed by atoms with Gasteiger partial charge in [0.05, 0.1) is 16.1 Å². The summed E-state index contributed by atoms with van der Waals surface area (Å²) in [5.74, 6) is -2.68. The lowest BCUT2D eigenvalue weighted by molar-refractivity contribution is -0.129. The van der Waals surface area contributed by atoms with Crippen molar-refractivity contribution in [3.8, 4) is 17.1 Å². The number of likely N-dealkylation sites (tertiary alicyclic amines) is 1. The van der Waals surface area contributed by atoms with Crippen molar-refractivity contribution < 1.29 is 27.1 Å². The number of rotatable bonds is 8. The van der Waals surface area contributed by atoms with Crippen LogP contribution >= 0.6 is 11.6 Å². The Labute approximate surface area is 274 Å². The average molecular weight is 668 g/mol. The van der Waals surface area contributed by atoms with Gasteiger partial charge < -0.3 is 15.0 Å². The third-order valence-corrected chi connectivity index (χ3v) is 10.3. The molecule has 7 rings (SSSR count). The lowest BCUT2D eigenvalue weighted by Crippen LogP contribution is -2.46. The van der Waals surface area contributed by atoms with Gasteiger partial charge in [-0.1, -0.05) is 42.4 Å². The first kappa shape index (κ1) is 31.6. The monoisotopic (exact) mass is 667 g/mol. The normalized spacial score (nSPS) is 23.0. The summed E-state index contributed by atoms with van der Waals surface area (Å²) in [5.41, 5.74) is -1.06. The van der Waals surface area contributed by atoms with Crippen molar-refractivity contribution >= 4 is 45.0 Å². The summed E-state index contributed by atoms with van der Waals surface area (Å²) < 4.78 is 67.8. The van der Waals surface area contributed by atoms with E-state index in [-0.39, 0.29) is 63.8 Å². The number of fused-ring (bicyclic) bond motifs is 3. The van der Waals surface area contributed by atoms with Crippen LogP contribution in [0.15, 0.2) is 49.1 Å². The highest BCUT2D eigenvalue weighted by Crippen LogP contribution is 2.42. The highest BCUT2D eigenvalue weighted by Gasteiger charge is 2.49. The maximum Gasteiger partial charge on any atom is 0.319 e. The van der Waals surface area contributed by atoms with Crippen LogP contribution in [0.1, 0.15) is 38.5 Å². The fourth-order valence-corrected chi connectivity index (χ4v) is 7.90. The van der Waals surface area contributed by atoms with Crippen LogP contribution in [0.25, 0.3) is 32.8 Å². The Hall–Kier alpha value is -3.96. The predicted octanol–water partition coefficient (Wildman–Crippen LogP) is 7.45. The molecule has 3 aromatic carbocycles. The van der Waals surface area contributed by atoms with E-state index in [0.29, 0.717) is 24.9 Å². The number of anilines is 1. The maximum absolute atomic E-state index is 16.7. The molecule has 2 unspecified atom stereocenters. The van der Waals surface area contributed by atoms with Crippen LogP contribution < -0.4 is 10.1 Å². The number of piperidine rings is 1. The molecule has 246 valence electrons. The van der Waals surface area contributed by atoms with Gasteiger partial charge in [0.1, 0.15) is 35.7 Å². The van der Waals surface area contributed by atoms with E-state index >= 15 is 8.78 Å². The van der Waals surface area contributed by atoms with Gasteiger partial charge in [0.25, 0.3) is 0 Å². The van der Waals surface area contributed by atoms with E-state index in [4.69, 9.17) is 16.3 Å². The molecular weight excluding hydrogens is 634 g/mol. The number of nitrogens with zero attached hydrogens (tertiary/aromatic N) is 4. The number of alkyl halides is 1. The third kappa shape index (κ3) is 5.67. The van der Waals surface area contributed by atoms with E-state index in [1.54, 1.807) is 17.0 Å². The van der Waals surface area contributed by atoms with Gasteiger partial charge in [0, 0.05) is 42.9 Å². The van der Waals surface area contributed by atoms with Crippen LogP contribution in [0.2, 0.25) is 5.02 Å². The minimum Gasteiger partial charge on any atom is -0.461 e. The summed E-state index contributed by atoms with van der Waals surface area (Å²) in [7, 11) is 0. The number of benzene rings is 3. The quantitative estimate of drug-likeness (QED) is 0.156. The van der Waals surface area contributed by atoms with Gasteiger partial charge >= 0.3 is 6.01 Å². The maximum atomic E-state index is 16.7. The average Bonchev–Trinajstić information content (AvgIpc) is 3.60. The van der Waals surface area contributed by atoms with Gasteiger partial charge in [-0.2, -0.15) is 9.97 Å². The minimum absolute atomic E-state index is 0.0661. The highest BCUT2D eigenvalue weighted by atomic mass is 35.5. The molecule has 1 N–H and O–H groups in total. The molecule has 47 heavy (non-hydrogen) atoms. The van der Waals surface area contributed by atoms with Crippen molar-refractivity contribution in [2.24, 2.45) is 0 Å². The van der Waals surface area contributed by atoms with E-state index in [2.05, 4.69) is 26.8 Å². The van der Waals surface area contributed by atoms with E-state index in [1.807, 2.05) is 0 Å². The Morgan fingerprint density at radius 2 is 1.98 bits per heavy atom. The third-order valence-electron chi connectivity index (χ3n) is 9.89. The van der Waals surface area contributed by atoms with E-state index in [1.165, 1.54) is 24.3 Å². The second-order valence-electron chi connectivity index (χ2n) is 12.7. The second-order valence-corrected chi connectivity index (χ2v) is 13.1. The van der Waals surface area contributed by atoms with Gasteiger partial charge in [-0.3, -0.25) is 9.69 Å². The van der Waals surface area contributed by atoms with Gasteiger partial charge in [0.2, 0.25) is 5.91 Å². The molecule has 1 amide bonds. The van der Waals surface area contributed by atoms with Gasteiger partial charge in [-0.25, -0.2) is 17.6 Å². The summed E-state index contributed by atoms with van der Waals surface area (Å²) >= 11 is 6.33. The molecule has 12 heteroatoms. The van der Waals surface area contributed by atoms with Crippen molar-refractivity contribution in [1.29, 1.82) is 0 Å². The fourth-order valence-electron chi connectivity index (χ4n) is 7.62. The number of carbonyl (C=O) groups is 1. The number of amides is 1. The number of hydrogen-bond acceptors (Lipinski definition) is 6. The SMILES string of the molecule is C=CC(=O)N1CCCC[C@H]1CNc1nc(OCC23CCCN2CC(F)C3)nc2c(F)c(-c3cccc4ccc(F)c(Cl)c34)c(F)cc12. The molecule has 0 saturated carbocycles. The molecule has 3 atom stereocenters. The Morgan fingerprint density at radius 1 is 1.13 bits per heavy atom. The van der Waals surface area contributed by atoms with Crippen LogP contribution in [0.3, 0.4) is 0 Å². The molecule has 0 spiro atoms. The zero-order chi connectivity index (χ0) is 32.9. The molecule has 0 bridgehead atoms. The molecular formula is C35H34ClF4N5O2. The molecule has 4 aromatic rings. The fraction of sp³-hybridized carbons (Fsp3) is 0.400. The Bertz CT molecular complexity index is 1890. The predicted molar refractivity (Wildman–Crippen MR) is 174 cm³/mol. The zero-order valence-electron chi connectivity index (χ0n) is 25.7. The molecule has 7 nitrogen and oxygen atoms in total. The Balaban J connectivity index is 1.32. The molecule has 3 aliphatic heterocycles. The smallest absolute Gasteiger partial charge is 0.319 e. The highest BCUT2D eigenvalue weighted by molar-refractivity contribution is 6.37. The van der Waals surface area contributed by atoms with E-state index < -0.39 is 34.7 Å². The summed E-state index contributed by atoms with van der Waals surface area (Å²) in [6, 6.07) is 8.27. The van der Waals surface area contributed by atoms with Crippen molar-refractivity contribution in [3.63, 3.8) is 0 Å². The van der Waals surface area contributed by atoms with Crippen molar-refractivity contribution in [3.05, 3.63) is 71.5 Å². The molecule has 3 fully saturated rings. The van der Waals surface area contributed by atoms with Crippen LogP contribution in [-0.2, 0) is 4.79 Å².